The molecule has 3 N–H and O–H groups in total. The molecule has 0 amide bonds. The number of benzene rings is 1. The maximum Gasteiger partial charge on any atom is 0.337 e. The van der Waals surface area contributed by atoms with E-state index in [0.29, 0.717) is 10.2 Å². The number of halogens is 1. The summed E-state index contributed by atoms with van der Waals surface area (Å²) in [6.45, 7) is 0. The third kappa shape index (κ3) is 2.81. The summed E-state index contributed by atoms with van der Waals surface area (Å²) in [6, 6.07) is 6.63. The molecule has 100 valence electrons. The van der Waals surface area contributed by atoms with Crippen LogP contribution in [0.15, 0.2) is 28.9 Å². The van der Waals surface area contributed by atoms with Gasteiger partial charge in [-0.2, -0.15) is 10.5 Å². The molecule has 2 aromatic rings. The number of nitrogens with one attached hydrogen (secondary N) is 2. The van der Waals surface area contributed by atoms with Crippen LogP contribution in [0, 0.1) is 11.3 Å². The normalized spacial score (nSPS) is 10.9. The Bertz CT molecular complexity index is 704. The van der Waals surface area contributed by atoms with Gasteiger partial charge in [0, 0.05) is 10.7 Å². The lowest BCUT2D eigenvalue weighted by Gasteiger charge is -2.08. The van der Waals surface area contributed by atoms with Crippen molar-refractivity contribution >= 4 is 33.2 Å². The van der Waals surface area contributed by atoms with Crippen LogP contribution in [0.1, 0.15) is 16.2 Å². The van der Waals surface area contributed by atoms with E-state index in [1.165, 1.54) is 12.3 Å². The largest absolute Gasteiger partial charge is 0.478 e. The van der Waals surface area contributed by atoms with E-state index >= 15 is 0 Å². The van der Waals surface area contributed by atoms with E-state index in [0.717, 1.165) is 0 Å². The summed E-state index contributed by atoms with van der Waals surface area (Å²) >= 11 is 3.25. The van der Waals surface area contributed by atoms with E-state index in [4.69, 9.17) is 10.4 Å². The van der Waals surface area contributed by atoms with Gasteiger partial charge in [0.25, 0.3) is 0 Å². The summed E-state index contributed by atoms with van der Waals surface area (Å²) in [4.78, 5) is 11.1. The molecule has 1 heterocycles. The van der Waals surface area contributed by atoms with E-state index in [1.54, 1.807) is 12.1 Å². The van der Waals surface area contributed by atoms with Crippen molar-refractivity contribution in [2.45, 2.75) is 0 Å². The van der Waals surface area contributed by atoms with Gasteiger partial charge < -0.3 is 10.4 Å². The molecule has 0 radical (unpaired) electrons. The summed E-state index contributed by atoms with van der Waals surface area (Å²) in [6.07, 6.45) is 1.32. The van der Waals surface area contributed by atoms with Crippen LogP contribution < -0.4 is 5.32 Å². The molecular weight excluding hydrogens is 328 g/mol. The summed E-state index contributed by atoms with van der Waals surface area (Å²) in [5.74, 6) is -0.968. The van der Waals surface area contributed by atoms with Gasteiger partial charge in [0.15, 0.2) is 0 Å². The van der Waals surface area contributed by atoms with E-state index in [9.17, 15) is 4.79 Å². The van der Waals surface area contributed by atoms with Crippen LogP contribution >= 0.6 is 15.9 Å². The maximum atomic E-state index is 11.1. The van der Waals surface area contributed by atoms with Crippen molar-refractivity contribution < 1.29 is 9.90 Å². The fourth-order valence-electron chi connectivity index (χ4n) is 1.42. The summed E-state index contributed by atoms with van der Waals surface area (Å²) in [7, 11) is 0. The van der Waals surface area contributed by atoms with Crippen molar-refractivity contribution in [2.24, 2.45) is 0 Å². The third-order valence-electron chi connectivity index (χ3n) is 2.31. The number of nitriles is 1. The number of allylic oxidation sites excluding steroid dienone is 1. The number of hydrogen-bond acceptors (Lipinski definition) is 6. The molecule has 1 aromatic heterocycles. The van der Waals surface area contributed by atoms with Gasteiger partial charge in [-0.25, -0.2) is 4.79 Å². The van der Waals surface area contributed by atoms with Gasteiger partial charge in [-0.3, -0.25) is 0 Å². The quantitative estimate of drug-likeness (QED) is 0.725. The van der Waals surface area contributed by atoms with Crippen LogP contribution in [-0.2, 0) is 0 Å². The molecule has 0 aliphatic carbocycles. The number of aromatic amines is 1. The minimum atomic E-state index is -1.08. The molecular formula is C11H7BrN6O2. The molecule has 0 fully saturated rings. The lowest BCUT2D eigenvalue weighted by atomic mass is 10.2. The number of H-pyrrole nitrogens is 1. The number of carboxylic acids is 1. The van der Waals surface area contributed by atoms with E-state index < -0.39 is 5.97 Å². The Hall–Kier alpha value is -2.73. The SMILES string of the molecule is N#CC(=CNc1c(Br)cccc1C(=O)O)c1nn[nH]n1. The molecule has 0 atom stereocenters. The highest BCUT2D eigenvalue weighted by molar-refractivity contribution is 9.10. The number of aromatic nitrogens is 4. The highest BCUT2D eigenvalue weighted by Gasteiger charge is 2.13. The molecule has 0 saturated heterocycles. The van der Waals surface area contributed by atoms with Crippen molar-refractivity contribution in [3.05, 3.63) is 40.3 Å². The fraction of sp³-hybridized carbons (Fsp3) is 0. The second-order valence-corrected chi connectivity index (χ2v) is 4.37. The predicted octanol–water partition coefficient (Wildman–Crippen LogP) is 1.64. The minimum absolute atomic E-state index is 0.0704. The Balaban J connectivity index is 2.36. The van der Waals surface area contributed by atoms with Gasteiger partial charge in [0.2, 0.25) is 5.82 Å². The Kier molecular flexibility index (Phi) is 4.07. The van der Waals surface area contributed by atoms with Crippen LogP contribution in [0.3, 0.4) is 0 Å². The molecule has 1 aromatic carbocycles. The second kappa shape index (κ2) is 5.94. The van der Waals surface area contributed by atoms with Gasteiger partial charge >= 0.3 is 5.97 Å². The zero-order valence-corrected chi connectivity index (χ0v) is 11.4. The molecule has 0 aliphatic heterocycles. The van der Waals surface area contributed by atoms with Gasteiger partial charge in [0.05, 0.1) is 11.3 Å². The Morgan fingerprint density at radius 3 is 2.95 bits per heavy atom. The van der Waals surface area contributed by atoms with Gasteiger partial charge in [-0.15, -0.1) is 10.2 Å². The van der Waals surface area contributed by atoms with Crippen molar-refractivity contribution in [1.29, 1.82) is 5.26 Å². The number of carboxylic acid groups (broad SMARTS) is 1. The lowest BCUT2D eigenvalue weighted by Crippen LogP contribution is -2.03. The monoisotopic (exact) mass is 334 g/mol. The van der Waals surface area contributed by atoms with E-state index in [2.05, 4.69) is 41.9 Å². The minimum Gasteiger partial charge on any atom is -0.478 e. The Morgan fingerprint density at radius 2 is 2.35 bits per heavy atom. The van der Waals surface area contributed by atoms with Gasteiger partial charge in [-0.05, 0) is 33.3 Å². The topological polar surface area (TPSA) is 128 Å². The molecule has 0 bridgehead atoms. The lowest BCUT2D eigenvalue weighted by molar-refractivity contribution is 0.0698. The summed E-state index contributed by atoms with van der Waals surface area (Å²) < 4.78 is 0.555. The Morgan fingerprint density at radius 1 is 1.55 bits per heavy atom. The van der Waals surface area contributed by atoms with Crippen molar-refractivity contribution in [2.75, 3.05) is 5.32 Å². The number of carbonyl (C=O) groups is 1. The summed E-state index contributed by atoms with van der Waals surface area (Å²) in [5.41, 5.74) is 0.517. The number of anilines is 1. The molecule has 8 nitrogen and oxygen atoms in total. The number of nitrogens with zero attached hydrogens (tertiary/aromatic N) is 4. The molecule has 0 unspecified atom stereocenters. The molecule has 9 heteroatoms. The standard InChI is InChI=1S/C11H7BrN6O2/c12-8-3-1-2-7(11(19)20)9(8)14-5-6(4-13)10-15-17-18-16-10/h1-3,5,14H,(H,19,20)(H,15,16,17,18). The highest BCUT2D eigenvalue weighted by Crippen LogP contribution is 2.27. The first kappa shape index (κ1) is 13.7. The van der Waals surface area contributed by atoms with Crippen LogP contribution in [0.2, 0.25) is 0 Å². The molecule has 0 aliphatic rings. The van der Waals surface area contributed by atoms with Crippen molar-refractivity contribution in [3.8, 4) is 6.07 Å². The third-order valence-corrected chi connectivity index (χ3v) is 2.97. The van der Waals surface area contributed by atoms with E-state index in [-0.39, 0.29) is 17.0 Å². The first-order valence-electron chi connectivity index (χ1n) is 5.26. The number of hydrogen-bond donors (Lipinski definition) is 3. The average molecular weight is 335 g/mol. The van der Waals surface area contributed by atoms with Crippen LogP contribution in [0.25, 0.3) is 5.57 Å². The van der Waals surface area contributed by atoms with Crippen LogP contribution in [-0.4, -0.2) is 31.7 Å². The molecule has 20 heavy (non-hydrogen) atoms. The van der Waals surface area contributed by atoms with Gasteiger partial charge in [-0.1, -0.05) is 6.07 Å². The molecule has 2 rings (SSSR count). The second-order valence-electron chi connectivity index (χ2n) is 3.52. The maximum absolute atomic E-state index is 11.1. The molecule has 0 spiro atoms. The van der Waals surface area contributed by atoms with Gasteiger partial charge in [0.1, 0.15) is 11.6 Å². The molecule has 0 saturated carbocycles. The first-order valence-corrected chi connectivity index (χ1v) is 6.05. The predicted molar refractivity (Wildman–Crippen MR) is 72.5 cm³/mol. The number of aromatic carboxylic acids is 1. The zero-order valence-electron chi connectivity index (χ0n) is 9.83. The summed E-state index contributed by atoms with van der Waals surface area (Å²) in [5, 5.41) is 33.8. The zero-order chi connectivity index (χ0) is 14.5. The Labute approximate surface area is 121 Å². The van der Waals surface area contributed by atoms with Crippen LogP contribution in [0.5, 0.6) is 0 Å². The number of para-hydroxylation sites is 1. The smallest absolute Gasteiger partial charge is 0.337 e. The fourth-order valence-corrected chi connectivity index (χ4v) is 1.90. The van der Waals surface area contributed by atoms with E-state index in [1.807, 2.05) is 6.07 Å². The number of rotatable bonds is 4. The van der Waals surface area contributed by atoms with Crippen LogP contribution in [0.4, 0.5) is 5.69 Å². The first-order chi connectivity index (χ1) is 9.63. The van der Waals surface area contributed by atoms with Crippen molar-refractivity contribution in [3.63, 3.8) is 0 Å². The average Bonchev–Trinajstić information content (AvgIpc) is 2.94. The van der Waals surface area contributed by atoms with Crippen molar-refractivity contribution in [1.82, 2.24) is 20.6 Å². The highest BCUT2D eigenvalue weighted by atomic mass is 79.9. The number of tetrazole rings is 1.